The fourth-order valence-corrected chi connectivity index (χ4v) is 13.0. The number of fused-ring (bicyclic) bond motifs is 8. The summed E-state index contributed by atoms with van der Waals surface area (Å²) >= 11 is 0. The van der Waals surface area contributed by atoms with E-state index in [1.54, 1.807) is 0 Å². The topological polar surface area (TPSA) is 55.4 Å². The van der Waals surface area contributed by atoms with E-state index in [9.17, 15) is 0 Å². The van der Waals surface area contributed by atoms with Crippen LogP contribution in [0.3, 0.4) is 0 Å². The van der Waals surface area contributed by atoms with E-state index in [2.05, 4.69) is 142 Å². The maximum Gasteiger partial charge on any atom is 0.218 e. The maximum atomic E-state index is 6.83. The molecular weight excluding hydrogens is 753 g/mol. The first kappa shape index (κ1) is 45.5. The zero-order valence-corrected chi connectivity index (χ0v) is 39.9. The SMILES string of the molecule is CCCOc1c2cccc1Cc1cc([Si](C)(C)OC(C)C)cc(c1OCCC)Cc1cccc(c1OCCC)Cc1cc([Si](C)(C)OC(C)C)cc(c1OCCC)C2. The van der Waals surface area contributed by atoms with E-state index in [4.69, 9.17) is 27.8 Å². The second-order valence-corrected chi connectivity index (χ2v) is 25.2. The zero-order valence-electron chi connectivity index (χ0n) is 37.9. The summed E-state index contributed by atoms with van der Waals surface area (Å²) in [6.07, 6.45) is 6.61. The monoisotopic (exact) mass is 824 g/mol. The maximum absolute atomic E-state index is 6.83. The van der Waals surface area contributed by atoms with Gasteiger partial charge in [-0.15, -0.1) is 0 Å². The lowest BCUT2D eigenvalue weighted by Gasteiger charge is -2.29. The molecule has 0 radical (unpaired) electrons. The highest BCUT2D eigenvalue weighted by atomic mass is 28.4. The van der Waals surface area contributed by atoms with Crippen LogP contribution in [0.1, 0.15) is 126 Å². The molecule has 8 bridgehead atoms. The Balaban J connectivity index is 1.89. The Morgan fingerprint density at radius 1 is 0.414 bits per heavy atom. The fraction of sp³-hybridized carbons (Fsp3) is 0.520. The summed E-state index contributed by atoms with van der Waals surface area (Å²) in [6.45, 7) is 29.1. The summed E-state index contributed by atoms with van der Waals surface area (Å²) in [7, 11) is -4.64. The van der Waals surface area contributed by atoms with E-state index in [0.29, 0.717) is 52.1 Å². The summed E-state index contributed by atoms with van der Waals surface area (Å²) in [4.78, 5) is 0. The number of benzene rings is 4. The highest BCUT2D eigenvalue weighted by Gasteiger charge is 2.32. The van der Waals surface area contributed by atoms with E-state index < -0.39 is 16.6 Å². The lowest BCUT2D eigenvalue weighted by molar-refractivity contribution is 0.238. The smallest absolute Gasteiger partial charge is 0.218 e. The first-order valence-corrected chi connectivity index (χ1v) is 27.9. The lowest BCUT2D eigenvalue weighted by Crippen LogP contribution is -2.47. The summed E-state index contributed by atoms with van der Waals surface area (Å²) < 4.78 is 40.8. The molecule has 0 amide bonds. The molecule has 0 unspecified atom stereocenters. The van der Waals surface area contributed by atoms with E-state index in [0.717, 1.165) is 70.9 Å². The Morgan fingerprint density at radius 2 is 0.655 bits per heavy atom. The minimum atomic E-state index is -2.32. The minimum Gasteiger partial charge on any atom is -0.493 e. The largest absolute Gasteiger partial charge is 0.493 e. The van der Waals surface area contributed by atoms with Crippen molar-refractivity contribution in [2.24, 2.45) is 0 Å². The molecule has 5 rings (SSSR count). The Bertz CT molecular complexity index is 1730. The molecule has 6 nitrogen and oxygen atoms in total. The average Bonchev–Trinajstić information content (AvgIpc) is 3.15. The van der Waals surface area contributed by atoms with Crippen LogP contribution in [0.2, 0.25) is 26.2 Å². The molecule has 0 heterocycles. The van der Waals surface area contributed by atoms with Crippen molar-refractivity contribution >= 4 is 27.0 Å². The van der Waals surface area contributed by atoms with Gasteiger partial charge in [-0.2, -0.15) is 0 Å². The van der Waals surface area contributed by atoms with Gasteiger partial charge in [0, 0.05) is 37.9 Å². The number of hydrogen-bond donors (Lipinski definition) is 0. The van der Waals surface area contributed by atoms with E-state index in [1.807, 2.05) is 0 Å². The van der Waals surface area contributed by atoms with Gasteiger partial charge < -0.3 is 27.8 Å². The quantitative estimate of drug-likeness (QED) is 0.0821. The van der Waals surface area contributed by atoms with Gasteiger partial charge in [0.1, 0.15) is 23.0 Å². The lowest BCUT2D eigenvalue weighted by atomic mass is 9.91. The summed E-state index contributed by atoms with van der Waals surface area (Å²) in [6, 6.07) is 22.9. The second-order valence-electron chi connectivity index (χ2n) is 17.5. The van der Waals surface area contributed by atoms with Crippen molar-refractivity contribution in [1.82, 2.24) is 0 Å². The van der Waals surface area contributed by atoms with Gasteiger partial charge in [0.25, 0.3) is 0 Å². The third kappa shape index (κ3) is 11.4. The number of para-hydroxylation sites is 2. The second kappa shape index (κ2) is 20.6. The van der Waals surface area contributed by atoms with Crippen LogP contribution in [0, 0.1) is 0 Å². The fourth-order valence-electron chi connectivity index (χ4n) is 8.26. The van der Waals surface area contributed by atoms with Gasteiger partial charge in [-0.25, -0.2) is 0 Å². The van der Waals surface area contributed by atoms with Gasteiger partial charge in [-0.05, 0) is 134 Å². The van der Waals surface area contributed by atoms with Crippen LogP contribution in [0.15, 0.2) is 60.7 Å². The predicted octanol–water partition coefficient (Wildman–Crippen LogP) is 11.2. The molecule has 0 aromatic heterocycles. The number of ether oxygens (including phenoxy) is 4. The third-order valence-corrected chi connectivity index (χ3v) is 16.1. The van der Waals surface area contributed by atoms with E-state index in [1.165, 1.54) is 32.6 Å². The van der Waals surface area contributed by atoms with Crippen molar-refractivity contribution in [3.05, 3.63) is 105 Å². The van der Waals surface area contributed by atoms with Crippen LogP contribution < -0.4 is 29.3 Å². The average molecular weight is 825 g/mol. The number of hydrogen-bond acceptors (Lipinski definition) is 6. The summed E-state index contributed by atoms with van der Waals surface area (Å²) in [5.74, 6) is 3.86. The molecule has 0 aliphatic heterocycles. The van der Waals surface area contributed by atoms with E-state index in [-0.39, 0.29) is 12.2 Å². The van der Waals surface area contributed by atoms with Gasteiger partial charge in [0.2, 0.25) is 16.6 Å². The van der Waals surface area contributed by atoms with Crippen LogP contribution in [0.25, 0.3) is 0 Å². The van der Waals surface area contributed by atoms with Crippen molar-refractivity contribution in [3.8, 4) is 23.0 Å². The minimum absolute atomic E-state index is 0.126. The molecule has 4 aromatic carbocycles. The van der Waals surface area contributed by atoms with Crippen LogP contribution in [-0.2, 0) is 34.5 Å². The molecule has 4 aromatic rings. The number of rotatable bonds is 18. The standard InChI is InChI=1S/C50H72O6Si2/c1-13-23-51-47-37-19-17-20-38(47)28-42-32-46(58(11,12)56-36(7)8)34-44(50(42)54-26-16-4)30-40-22-18-21-39(48(40)52-24-14-2)29-43-33-45(57(9,10)55-35(5)6)31-41(27-37)49(43)53-25-15-3/h17-22,31-36H,13-16,23-30H2,1-12H3. The van der Waals surface area contributed by atoms with Crippen molar-refractivity contribution in [2.45, 2.75) is 145 Å². The van der Waals surface area contributed by atoms with Crippen molar-refractivity contribution in [1.29, 1.82) is 0 Å². The Morgan fingerprint density at radius 3 is 0.879 bits per heavy atom. The van der Waals surface area contributed by atoms with Gasteiger partial charge in [0.15, 0.2) is 0 Å². The Labute approximate surface area is 353 Å². The van der Waals surface area contributed by atoms with Crippen molar-refractivity contribution in [3.63, 3.8) is 0 Å². The third-order valence-electron chi connectivity index (χ3n) is 10.6. The molecule has 1 aliphatic carbocycles. The molecule has 0 atom stereocenters. The Kier molecular flexibility index (Phi) is 16.2. The predicted molar refractivity (Wildman–Crippen MR) is 247 cm³/mol. The van der Waals surface area contributed by atoms with Crippen molar-refractivity contribution in [2.75, 3.05) is 26.4 Å². The highest BCUT2D eigenvalue weighted by Crippen LogP contribution is 2.39. The molecule has 1 aliphatic rings. The van der Waals surface area contributed by atoms with Gasteiger partial charge >= 0.3 is 0 Å². The highest BCUT2D eigenvalue weighted by molar-refractivity contribution is 6.84. The molecule has 0 spiro atoms. The van der Waals surface area contributed by atoms with Crippen LogP contribution in [-0.4, -0.2) is 55.3 Å². The first-order valence-electron chi connectivity index (χ1n) is 22.1. The summed E-state index contributed by atoms with van der Waals surface area (Å²) in [5.41, 5.74) is 9.31. The molecule has 8 heteroatoms. The first-order chi connectivity index (χ1) is 27.7. The van der Waals surface area contributed by atoms with Gasteiger partial charge in [0.05, 0.1) is 26.4 Å². The van der Waals surface area contributed by atoms with Gasteiger partial charge in [-0.1, -0.05) is 88.4 Å². The summed E-state index contributed by atoms with van der Waals surface area (Å²) in [5, 5.41) is 2.54. The van der Waals surface area contributed by atoms with Gasteiger partial charge in [-0.3, -0.25) is 0 Å². The molecule has 0 saturated carbocycles. The molecule has 0 saturated heterocycles. The molecule has 58 heavy (non-hydrogen) atoms. The molecule has 316 valence electrons. The van der Waals surface area contributed by atoms with Crippen LogP contribution >= 0.6 is 0 Å². The molecular formula is C50H72O6Si2. The zero-order chi connectivity index (χ0) is 42.0. The van der Waals surface area contributed by atoms with Crippen LogP contribution in [0.5, 0.6) is 23.0 Å². The normalized spacial score (nSPS) is 13.2. The Hall–Kier alpha value is -3.57. The van der Waals surface area contributed by atoms with Crippen LogP contribution in [0.4, 0.5) is 0 Å². The molecule has 0 N–H and O–H groups in total. The molecule has 0 fully saturated rings. The van der Waals surface area contributed by atoms with Crippen molar-refractivity contribution < 1.29 is 27.8 Å². The van der Waals surface area contributed by atoms with E-state index >= 15 is 0 Å².